The summed E-state index contributed by atoms with van der Waals surface area (Å²) in [5.74, 6) is -0.648. The Kier molecular flexibility index (Phi) is 8.46. The van der Waals surface area contributed by atoms with E-state index in [4.69, 9.17) is 9.47 Å². The molecule has 1 saturated heterocycles. The van der Waals surface area contributed by atoms with Gasteiger partial charge < -0.3 is 14.8 Å². The SMILES string of the molecule is CCCCOC(=O)c1ccc(NC(=O)c2ccc(OCC)c(S(=O)(=O)N3CCCC3)c2)cc1. The van der Waals surface area contributed by atoms with Crippen molar-refractivity contribution in [3.05, 3.63) is 53.6 Å². The van der Waals surface area contributed by atoms with Crippen LogP contribution in [-0.2, 0) is 14.8 Å². The molecular formula is C24H30N2O6S. The predicted molar refractivity (Wildman–Crippen MR) is 125 cm³/mol. The van der Waals surface area contributed by atoms with Crippen molar-refractivity contribution in [2.75, 3.05) is 31.6 Å². The molecule has 1 amide bonds. The molecule has 2 aromatic carbocycles. The number of nitrogens with one attached hydrogen (secondary N) is 1. The molecule has 1 heterocycles. The molecule has 0 spiro atoms. The highest BCUT2D eigenvalue weighted by Gasteiger charge is 2.30. The van der Waals surface area contributed by atoms with E-state index in [0.29, 0.717) is 37.6 Å². The standard InChI is InChI=1S/C24H30N2O6S/c1-3-5-16-32-24(28)18-8-11-20(12-9-18)25-23(27)19-10-13-21(31-4-2)22(17-19)33(29,30)26-14-6-7-15-26/h8-13,17H,3-7,14-16H2,1-2H3,(H,25,27). The van der Waals surface area contributed by atoms with E-state index in [9.17, 15) is 18.0 Å². The molecule has 3 rings (SSSR count). The third kappa shape index (κ3) is 6.11. The molecule has 0 aromatic heterocycles. The van der Waals surface area contributed by atoms with Gasteiger partial charge in [0.15, 0.2) is 0 Å². The van der Waals surface area contributed by atoms with Crippen LogP contribution in [-0.4, -0.2) is 50.9 Å². The second-order valence-electron chi connectivity index (χ2n) is 7.73. The number of unbranched alkanes of at least 4 members (excludes halogenated alkanes) is 1. The van der Waals surface area contributed by atoms with E-state index in [1.807, 2.05) is 6.92 Å². The van der Waals surface area contributed by atoms with Gasteiger partial charge in [0.25, 0.3) is 5.91 Å². The van der Waals surface area contributed by atoms with Crippen molar-refractivity contribution in [1.29, 1.82) is 0 Å². The average molecular weight is 475 g/mol. The summed E-state index contributed by atoms with van der Waals surface area (Å²) in [7, 11) is -3.77. The number of ether oxygens (including phenoxy) is 2. The van der Waals surface area contributed by atoms with Crippen LogP contribution >= 0.6 is 0 Å². The van der Waals surface area contributed by atoms with Crippen LogP contribution in [0.1, 0.15) is 60.2 Å². The second kappa shape index (κ2) is 11.3. The number of rotatable bonds is 10. The Bertz CT molecular complexity index is 1080. The van der Waals surface area contributed by atoms with Crippen LogP contribution in [0.15, 0.2) is 47.4 Å². The molecule has 8 nitrogen and oxygen atoms in total. The first kappa shape index (κ1) is 24.7. The van der Waals surface area contributed by atoms with Gasteiger partial charge in [0, 0.05) is 24.3 Å². The zero-order valence-electron chi connectivity index (χ0n) is 19.0. The smallest absolute Gasteiger partial charge is 0.338 e. The van der Waals surface area contributed by atoms with E-state index in [-0.39, 0.29) is 16.2 Å². The molecule has 2 aromatic rings. The van der Waals surface area contributed by atoms with Gasteiger partial charge >= 0.3 is 5.97 Å². The Labute approximate surface area is 194 Å². The Balaban J connectivity index is 1.76. The van der Waals surface area contributed by atoms with Crippen molar-refractivity contribution in [3.63, 3.8) is 0 Å². The minimum Gasteiger partial charge on any atom is -0.492 e. The predicted octanol–water partition coefficient (Wildman–Crippen LogP) is 4.08. The third-order valence-corrected chi connectivity index (χ3v) is 7.22. The van der Waals surface area contributed by atoms with Crippen LogP contribution in [0.4, 0.5) is 5.69 Å². The van der Waals surface area contributed by atoms with E-state index in [0.717, 1.165) is 25.7 Å². The molecule has 9 heteroatoms. The van der Waals surface area contributed by atoms with Gasteiger partial charge in [-0.1, -0.05) is 13.3 Å². The lowest BCUT2D eigenvalue weighted by atomic mass is 10.1. The summed E-state index contributed by atoms with van der Waals surface area (Å²) < 4.78 is 38.4. The normalized spacial score (nSPS) is 14.1. The van der Waals surface area contributed by atoms with Gasteiger partial charge in [0.2, 0.25) is 10.0 Å². The maximum Gasteiger partial charge on any atom is 0.338 e. The molecule has 0 atom stereocenters. The topological polar surface area (TPSA) is 102 Å². The zero-order valence-corrected chi connectivity index (χ0v) is 19.8. The summed E-state index contributed by atoms with van der Waals surface area (Å²) in [6.45, 7) is 5.38. The molecule has 1 fully saturated rings. The van der Waals surface area contributed by atoms with Crippen LogP contribution < -0.4 is 10.1 Å². The highest BCUT2D eigenvalue weighted by atomic mass is 32.2. The van der Waals surface area contributed by atoms with E-state index in [1.54, 1.807) is 31.2 Å². The van der Waals surface area contributed by atoms with Gasteiger partial charge in [-0.25, -0.2) is 13.2 Å². The van der Waals surface area contributed by atoms with Crippen molar-refractivity contribution in [1.82, 2.24) is 4.31 Å². The Morgan fingerprint density at radius 1 is 1.00 bits per heavy atom. The average Bonchev–Trinajstić information content (AvgIpc) is 3.36. The lowest BCUT2D eigenvalue weighted by molar-refractivity contribution is 0.0499. The fourth-order valence-corrected chi connectivity index (χ4v) is 5.15. The van der Waals surface area contributed by atoms with Crippen LogP contribution in [0.25, 0.3) is 0 Å². The van der Waals surface area contributed by atoms with Gasteiger partial charge in [-0.2, -0.15) is 4.31 Å². The Hall–Kier alpha value is -2.91. The van der Waals surface area contributed by atoms with Crippen molar-refractivity contribution >= 4 is 27.6 Å². The van der Waals surface area contributed by atoms with Gasteiger partial charge in [0.05, 0.1) is 18.8 Å². The van der Waals surface area contributed by atoms with Crippen LogP contribution in [0.5, 0.6) is 5.75 Å². The number of amides is 1. The summed E-state index contributed by atoms with van der Waals surface area (Å²) in [6, 6.07) is 10.7. The molecule has 0 radical (unpaired) electrons. The lowest BCUT2D eigenvalue weighted by Crippen LogP contribution is -2.28. The fourth-order valence-electron chi connectivity index (χ4n) is 3.48. The van der Waals surface area contributed by atoms with Gasteiger partial charge in [-0.05, 0) is 68.7 Å². The number of carbonyl (C=O) groups is 2. The van der Waals surface area contributed by atoms with Crippen LogP contribution in [0.3, 0.4) is 0 Å². The number of nitrogens with zero attached hydrogens (tertiary/aromatic N) is 1. The third-order valence-electron chi connectivity index (χ3n) is 5.30. The highest BCUT2D eigenvalue weighted by molar-refractivity contribution is 7.89. The maximum absolute atomic E-state index is 13.1. The molecule has 33 heavy (non-hydrogen) atoms. The summed E-state index contributed by atoms with van der Waals surface area (Å²) in [6.07, 6.45) is 3.36. The van der Waals surface area contributed by atoms with Gasteiger partial charge in [0.1, 0.15) is 10.6 Å². The zero-order chi connectivity index (χ0) is 23.8. The van der Waals surface area contributed by atoms with Crippen molar-refractivity contribution in [2.45, 2.75) is 44.4 Å². The van der Waals surface area contributed by atoms with E-state index in [2.05, 4.69) is 5.32 Å². The van der Waals surface area contributed by atoms with Crippen molar-refractivity contribution in [3.8, 4) is 5.75 Å². The number of hydrogen-bond donors (Lipinski definition) is 1. The number of sulfonamides is 1. The Morgan fingerprint density at radius 3 is 2.30 bits per heavy atom. The molecule has 1 N–H and O–H groups in total. The fraction of sp³-hybridized carbons (Fsp3) is 0.417. The minimum atomic E-state index is -3.77. The highest BCUT2D eigenvalue weighted by Crippen LogP contribution is 2.30. The second-order valence-corrected chi connectivity index (χ2v) is 9.63. The first-order valence-electron chi connectivity index (χ1n) is 11.2. The molecule has 0 aliphatic carbocycles. The molecule has 0 unspecified atom stereocenters. The van der Waals surface area contributed by atoms with Crippen molar-refractivity contribution < 1.29 is 27.5 Å². The van der Waals surface area contributed by atoms with E-state index in [1.165, 1.54) is 22.5 Å². The first-order valence-corrected chi connectivity index (χ1v) is 12.7. The quantitative estimate of drug-likeness (QED) is 0.411. The maximum atomic E-state index is 13.1. The molecule has 178 valence electrons. The number of hydrogen-bond acceptors (Lipinski definition) is 6. The largest absolute Gasteiger partial charge is 0.492 e. The Morgan fingerprint density at radius 2 is 1.67 bits per heavy atom. The van der Waals surface area contributed by atoms with E-state index >= 15 is 0 Å². The molecule has 1 aliphatic heterocycles. The molecule has 1 aliphatic rings. The number of esters is 1. The molecular weight excluding hydrogens is 444 g/mol. The minimum absolute atomic E-state index is 0.0101. The number of anilines is 1. The molecule has 0 saturated carbocycles. The number of benzene rings is 2. The number of carbonyl (C=O) groups excluding carboxylic acids is 2. The molecule has 0 bridgehead atoms. The first-order chi connectivity index (χ1) is 15.9. The van der Waals surface area contributed by atoms with Crippen LogP contribution in [0.2, 0.25) is 0 Å². The van der Waals surface area contributed by atoms with Crippen molar-refractivity contribution in [2.24, 2.45) is 0 Å². The summed E-state index contributed by atoms with van der Waals surface area (Å²) in [4.78, 5) is 24.8. The van der Waals surface area contributed by atoms with Gasteiger partial charge in [-0.15, -0.1) is 0 Å². The summed E-state index contributed by atoms with van der Waals surface area (Å²) in [5, 5.41) is 2.74. The van der Waals surface area contributed by atoms with Crippen LogP contribution in [0, 0.1) is 0 Å². The summed E-state index contributed by atoms with van der Waals surface area (Å²) >= 11 is 0. The lowest BCUT2D eigenvalue weighted by Gasteiger charge is -2.19. The monoisotopic (exact) mass is 474 g/mol. The van der Waals surface area contributed by atoms with Gasteiger partial charge in [-0.3, -0.25) is 4.79 Å². The summed E-state index contributed by atoms with van der Waals surface area (Å²) in [5.41, 5.74) is 1.06. The van der Waals surface area contributed by atoms with E-state index < -0.39 is 21.9 Å².